The van der Waals surface area contributed by atoms with Crippen molar-refractivity contribution in [1.82, 2.24) is 5.32 Å². The van der Waals surface area contributed by atoms with Crippen molar-refractivity contribution in [1.29, 1.82) is 0 Å². The summed E-state index contributed by atoms with van der Waals surface area (Å²) >= 11 is 11.2. The van der Waals surface area contributed by atoms with Gasteiger partial charge >= 0.3 is 0 Å². The minimum atomic E-state index is -0.149. The van der Waals surface area contributed by atoms with Gasteiger partial charge in [0.25, 0.3) is 0 Å². The summed E-state index contributed by atoms with van der Waals surface area (Å²) in [4.78, 5) is 11.1. The van der Waals surface area contributed by atoms with Crippen molar-refractivity contribution >= 4 is 29.1 Å². The van der Waals surface area contributed by atoms with Crippen LogP contribution in [0.1, 0.15) is 19.4 Å². The van der Waals surface area contributed by atoms with Crippen molar-refractivity contribution in [2.24, 2.45) is 0 Å². The van der Waals surface area contributed by atoms with E-state index in [4.69, 9.17) is 23.2 Å². The van der Waals surface area contributed by atoms with Crippen molar-refractivity contribution in [3.8, 4) is 0 Å². The third kappa shape index (κ3) is 3.69. The van der Waals surface area contributed by atoms with Crippen molar-refractivity contribution in [3.05, 3.63) is 34.9 Å². The Morgan fingerprint density at radius 1 is 1.31 bits per heavy atom. The van der Waals surface area contributed by atoms with Crippen LogP contribution in [0.3, 0.4) is 0 Å². The Labute approximate surface area is 106 Å². The largest absolute Gasteiger partial charge is 0.354 e. The van der Waals surface area contributed by atoms with Crippen LogP contribution < -0.4 is 5.32 Å². The van der Waals surface area contributed by atoms with Gasteiger partial charge in [0.2, 0.25) is 5.91 Å². The molecule has 4 heteroatoms. The zero-order chi connectivity index (χ0) is 12.2. The van der Waals surface area contributed by atoms with Crippen LogP contribution in [0.5, 0.6) is 0 Å². The first kappa shape index (κ1) is 13.3. The van der Waals surface area contributed by atoms with Crippen molar-refractivity contribution in [2.75, 3.05) is 12.4 Å². The summed E-state index contributed by atoms with van der Waals surface area (Å²) in [5.74, 6) is -0.153. The number of carbonyl (C=O) groups excluding carboxylic acids is 1. The van der Waals surface area contributed by atoms with Crippen LogP contribution in [-0.2, 0) is 10.2 Å². The molecule has 1 aromatic rings. The van der Waals surface area contributed by atoms with Gasteiger partial charge in [-0.25, -0.2) is 0 Å². The van der Waals surface area contributed by atoms with Gasteiger partial charge < -0.3 is 5.32 Å². The molecule has 0 saturated heterocycles. The first-order valence-electron chi connectivity index (χ1n) is 5.04. The van der Waals surface area contributed by atoms with E-state index in [1.807, 2.05) is 24.3 Å². The average Bonchev–Trinajstić information content (AvgIpc) is 2.26. The topological polar surface area (TPSA) is 29.1 Å². The van der Waals surface area contributed by atoms with Gasteiger partial charge in [0.15, 0.2) is 0 Å². The van der Waals surface area contributed by atoms with Crippen LogP contribution in [0, 0.1) is 0 Å². The Morgan fingerprint density at radius 3 is 2.38 bits per heavy atom. The zero-order valence-corrected chi connectivity index (χ0v) is 10.9. The molecule has 0 radical (unpaired) electrons. The van der Waals surface area contributed by atoms with E-state index in [2.05, 4.69) is 19.2 Å². The summed E-state index contributed by atoms with van der Waals surface area (Å²) in [5, 5.41) is 3.49. The first-order chi connectivity index (χ1) is 7.45. The molecule has 0 fully saturated rings. The maximum Gasteiger partial charge on any atom is 0.234 e. The lowest BCUT2D eigenvalue weighted by atomic mass is 9.84. The predicted molar refractivity (Wildman–Crippen MR) is 68.2 cm³/mol. The second-order valence-corrected chi connectivity index (χ2v) is 5.00. The van der Waals surface area contributed by atoms with Gasteiger partial charge in [0.1, 0.15) is 5.88 Å². The average molecular weight is 260 g/mol. The first-order valence-corrected chi connectivity index (χ1v) is 5.95. The monoisotopic (exact) mass is 259 g/mol. The number of benzene rings is 1. The van der Waals surface area contributed by atoms with E-state index in [1.54, 1.807) is 0 Å². The lowest BCUT2D eigenvalue weighted by Gasteiger charge is -2.25. The highest BCUT2D eigenvalue weighted by Crippen LogP contribution is 2.23. The minimum Gasteiger partial charge on any atom is -0.354 e. The van der Waals surface area contributed by atoms with E-state index in [0.29, 0.717) is 11.6 Å². The highest BCUT2D eigenvalue weighted by molar-refractivity contribution is 6.30. The van der Waals surface area contributed by atoms with Gasteiger partial charge in [-0.05, 0) is 17.7 Å². The van der Waals surface area contributed by atoms with Gasteiger partial charge in [0, 0.05) is 17.0 Å². The Balaban J connectivity index is 2.69. The Morgan fingerprint density at radius 2 is 1.88 bits per heavy atom. The van der Waals surface area contributed by atoms with Crippen molar-refractivity contribution < 1.29 is 4.79 Å². The molecular formula is C12H15Cl2NO. The van der Waals surface area contributed by atoms with Gasteiger partial charge in [-0.2, -0.15) is 0 Å². The van der Waals surface area contributed by atoms with Crippen molar-refractivity contribution in [3.63, 3.8) is 0 Å². The van der Waals surface area contributed by atoms with Gasteiger partial charge in [-0.1, -0.05) is 37.6 Å². The summed E-state index contributed by atoms with van der Waals surface area (Å²) in [5.41, 5.74) is 0.999. The molecular weight excluding hydrogens is 245 g/mol. The zero-order valence-electron chi connectivity index (χ0n) is 9.39. The molecule has 0 spiro atoms. The Hall–Kier alpha value is -0.730. The molecule has 0 bridgehead atoms. The van der Waals surface area contributed by atoms with Crippen LogP contribution in [0.15, 0.2) is 24.3 Å². The number of rotatable bonds is 4. The van der Waals surface area contributed by atoms with Crippen LogP contribution in [0.2, 0.25) is 5.02 Å². The van der Waals surface area contributed by atoms with E-state index in [9.17, 15) is 4.79 Å². The van der Waals surface area contributed by atoms with E-state index in [0.717, 1.165) is 5.56 Å². The van der Waals surface area contributed by atoms with Crippen LogP contribution in [0.4, 0.5) is 0 Å². The van der Waals surface area contributed by atoms with Gasteiger partial charge in [-0.15, -0.1) is 11.6 Å². The molecule has 16 heavy (non-hydrogen) atoms. The fourth-order valence-electron chi connectivity index (χ4n) is 1.37. The quantitative estimate of drug-likeness (QED) is 0.828. The Bertz CT molecular complexity index is 360. The van der Waals surface area contributed by atoms with Gasteiger partial charge in [-0.3, -0.25) is 4.79 Å². The molecule has 0 aliphatic carbocycles. The third-order valence-electron chi connectivity index (χ3n) is 2.47. The molecule has 1 rings (SSSR count). The minimum absolute atomic E-state index is 0.00328. The van der Waals surface area contributed by atoms with Crippen LogP contribution in [-0.4, -0.2) is 18.3 Å². The summed E-state index contributed by atoms with van der Waals surface area (Å²) in [7, 11) is 0. The molecule has 1 N–H and O–H groups in total. The molecule has 1 amide bonds. The SMILES string of the molecule is CC(C)(CNC(=O)CCl)c1ccc(Cl)cc1. The maximum absolute atomic E-state index is 11.1. The highest BCUT2D eigenvalue weighted by atomic mass is 35.5. The fourth-order valence-corrected chi connectivity index (χ4v) is 1.59. The molecule has 0 heterocycles. The number of carbonyl (C=O) groups is 1. The normalized spacial score (nSPS) is 11.2. The third-order valence-corrected chi connectivity index (χ3v) is 2.97. The smallest absolute Gasteiger partial charge is 0.234 e. The van der Waals surface area contributed by atoms with E-state index in [-0.39, 0.29) is 17.2 Å². The summed E-state index contributed by atoms with van der Waals surface area (Å²) in [6.07, 6.45) is 0. The summed E-state index contributed by atoms with van der Waals surface area (Å²) < 4.78 is 0. The Kier molecular flexibility index (Phi) is 4.63. The molecule has 2 nitrogen and oxygen atoms in total. The van der Waals surface area contributed by atoms with E-state index >= 15 is 0 Å². The summed E-state index contributed by atoms with van der Waals surface area (Å²) in [6.45, 7) is 4.68. The standard InChI is InChI=1S/C12H15Cl2NO/c1-12(2,8-15-11(16)7-13)9-3-5-10(14)6-4-9/h3-6H,7-8H2,1-2H3,(H,15,16). The molecule has 1 aromatic carbocycles. The van der Waals surface area contributed by atoms with Crippen LogP contribution in [0.25, 0.3) is 0 Å². The molecule has 0 saturated carbocycles. The number of amides is 1. The number of hydrogen-bond donors (Lipinski definition) is 1. The number of nitrogens with one attached hydrogen (secondary N) is 1. The lowest BCUT2D eigenvalue weighted by Crippen LogP contribution is -2.37. The van der Waals surface area contributed by atoms with Crippen LogP contribution >= 0.6 is 23.2 Å². The predicted octanol–water partition coefficient (Wildman–Crippen LogP) is 2.97. The highest BCUT2D eigenvalue weighted by Gasteiger charge is 2.20. The molecule has 0 aliphatic rings. The molecule has 88 valence electrons. The van der Waals surface area contributed by atoms with E-state index in [1.165, 1.54) is 0 Å². The molecule has 0 aromatic heterocycles. The second kappa shape index (κ2) is 5.55. The number of alkyl halides is 1. The van der Waals surface area contributed by atoms with E-state index < -0.39 is 0 Å². The van der Waals surface area contributed by atoms with Crippen molar-refractivity contribution in [2.45, 2.75) is 19.3 Å². The lowest BCUT2D eigenvalue weighted by molar-refractivity contribution is -0.118. The maximum atomic E-state index is 11.1. The fraction of sp³-hybridized carbons (Fsp3) is 0.417. The number of hydrogen-bond acceptors (Lipinski definition) is 1. The molecule has 0 unspecified atom stereocenters. The summed E-state index contributed by atoms with van der Waals surface area (Å²) in [6, 6.07) is 7.63. The number of halogens is 2. The van der Waals surface area contributed by atoms with Gasteiger partial charge in [0.05, 0.1) is 0 Å². The second-order valence-electron chi connectivity index (χ2n) is 4.30. The molecule has 0 aliphatic heterocycles. The molecule has 0 atom stereocenters.